The smallest absolute Gasteiger partial charge is 0.246 e. The fraction of sp³-hybridized carbons (Fsp3) is 0.348. The van der Waals surface area contributed by atoms with Gasteiger partial charge in [-0.2, -0.15) is 0 Å². The maximum atomic E-state index is 12.6. The molecule has 0 aromatic heterocycles. The van der Waals surface area contributed by atoms with Gasteiger partial charge in [0.2, 0.25) is 12.7 Å². The van der Waals surface area contributed by atoms with Crippen LogP contribution >= 0.6 is 0 Å². The molecule has 0 radical (unpaired) electrons. The Hall–Kier alpha value is -2.75. The van der Waals surface area contributed by atoms with E-state index in [9.17, 15) is 4.79 Å². The minimum Gasteiger partial charge on any atom is -0.454 e. The van der Waals surface area contributed by atoms with Crippen LogP contribution in [0.4, 0.5) is 0 Å². The van der Waals surface area contributed by atoms with Gasteiger partial charge in [-0.1, -0.05) is 36.4 Å². The molecule has 2 aromatic carbocycles. The van der Waals surface area contributed by atoms with Crippen LogP contribution in [0.5, 0.6) is 11.5 Å². The number of carbonyl (C=O) groups excluding carboxylic acids is 1. The monoisotopic (exact) mass is 363 g/mol. The second kappa shape index (κ2) is 7.87. The molecule has 1 amide bonds. The zero-order valence-corrected chi connectivity index (χ0v) is 15.6. The fourth-order valence-electron chi connectivity index (χ4n) is 4.00. The number of likely N-dealkylation sites (N-methyl/N-ethyl adjacent to an activating group) is 1. The van der Waals surface area contributed by atoms with Gasteiger partial charge in [0.15, 0.2) is 11.5 Å². The summed E-state index contributed by atoms with van der Waals surface area (Å²) in [5, 5.41) is 0. The highest BCUT2D eigenvalue weighted by molar-refractivity contribution is 5.91. The molecule has 2 aliphatic rings. The lowest BCUT2D eigenvalue weighted by Gasteiger charge is -2.34. The van der Waals surface area contributed by atoms with Crippen LogP contribution in [0.3, 0.4) is 0 Å². The van der Waals surface area contributed by atoms with Crippen molar-refractivity contribution in [2.24, 2.45) is 0 Å². The Kier molecular flexibility index (Phi) is 5.14. The van der Waals surface area contributed by atoms with Gasteiger partial charge in [-0.25, -0.2) is 0 Å². The third-order valence-corrected chi connectivity index (χ3v) is 5.68. The predicted molar refractivity (Wildman–Crippen MR) is 106 cm³/mol. The van der Waals surface area contributed by atoms with Gasteiger partial charge < -0.3 is 14.4 Å². The highest BCUT2D eigenvalue weighted by Gasteiger charge is 2.26. The summed E-state index contributed by atoms with van der Waals surface area (Å²) in [5.41, 5.74) is 2.36. The molecule has 0 N–H and O–H groups in total. The summed E-state index contributed by atoms with van der Waals surface area (Å²) in [7, 11) is 1.92. The molecular weight excluding hydrogens is 338 g/mol. The summed E-state index contributed by atoms with van der Waals surface area (Å²) in [5.74, 6) is 2.16. The van der Waals surface area contributed by atoms with Crippen LogP contribution in [0.25, 0.3) is 6.08 Å². The Labute approximate surface area is 160 Å². The maximum absolute atomic E-state index is 12.6. The number of amides is 1. The fourth-order valence-corrected chi connectivity index (χ4v) is 4.00. The Morgan fingerprint density at radius 3 is 2.52 bits per heavy atom. The highest BCUT2D eigenvalue weighted by Crippen LogP contribution is 2.35. The van der Waals surface area contributed by atoms with Gasteiger partial charge in [-0.3, -0.25) is 4.79 Å². The van der Waals surface area contributed by atoms with Gasteiger partial charge in [0.05, 0.1) is 0 Å². The summed E-state index contributed by atoms with van der Waals surface area (Å²) < 4.78 is 10.7. The van der Waals surface area contributed by atoms with Crippen molar-refractivity contribution in [2.75, 3.05) is 13.8 Å². The molecule has 0 spiro atoms. The molecule has 27 heavy (non-hydrogen) atoms. The summed E-state index contributed by atoms with van der Waals surface area (Å²) in [6, 6.07) is 16.7. The molecule has 1 aliphatic heterocycles. The summed E-state index contributed by atoms with van der Waals surface area (Å²) in [6.07, 6.45) is 7.88. The molecule has 0 atom stereocenters. The van der Waals surface area contributed by atoms with E-state index in [1.807, 2.05) is 36.2 Å². The molecule has 1 saturated carbocycles. The SMILES string of the molecule is CN(C(=O)/C=C/c1ccc2c(c1)OCO2)C1CCC(c2ccccc2)CC1. The lowest BCUT2D eigenvalue weighted by atomic mass is 9.81. The van der Waals surface area contributed by atoms with Gasteiger partial charge in [-0.15, -0.1) is 0 Å². The van der Waals surface area contributed by atoms with Gasteiger partial charge in [0, 0.05) is 19.2 Å². The van der Waals surface area contributed by atoms with E-state index in [1.165, 1.54) is 5.56 Å². The minimum atomic E-state index is 0.0517. The van der Waals surface area contributed by atoms with Crippen molar-refractivity contribution in [3.8, 4) is 11.5 Å². The number of fused-ring (bicyclic) bond motifs is 1. The number of rotatable bonds is 4. The van der Waals surface area contributed by atoms with Crippen molar-refractivity contribution < 1.29 is 14.3 Å². The molecular formula is C23H25NO3. The first-order valence-electron chi connectivity index (χ1n) is 9.60. The van der Waals surface area contributed by atoms with Gasteiger partial charge in [-0.05, 0) is 60.9 Å². The van der Waals surface area contributed by atoms with Gasteiger partial charge in [0.1, 0.15) is 0 Å². The predicted octanol–water partition coefficient (Wildman–Crippen LogP) is 4.61. The number of hydrogen-bond donors (Lipinski definition) is 0. The number of carbonyl (C=O) groups is 1. The molecule has 140 valence electrons. The van der Waals surface area contributed by atoms with Crippen LogP contribution < -0.4 is 9.47 Å². The van der Waals surface area contributed by atoms with E-state index in [0.717, 1.165) is 42.7 Å². The molecule has 4 heteroatoms. The Morgan fingerprint density at radius 1 is 1.00 bits per heavy atom. The first-order chi connectivity index (χ1) is 13.2. The summed E-state index contributed by atoms with van der Waals surface area (Å²) >= 11 is 0. The Morgan fingerprint density at radius 2 is 1.74 bits per heavy atom. The van der Waals surface area contributed by atoms with E-state index in [0.29, 0.717) is 12.0 Å². The van der Waals surface area contributed by atoms with Crippen LogP contribution in [0.2, 0.25) is 0 Å². The zero-order valence-electron chi connectivity index (χ0n) is 15.6. The van der Waals surface area contributed by atoms with Gasteiger partial charge >= 0.3 is 0 Å². The quantitative estimate of drug-likeness (QED) is 0.745. The molecule has 1 heterocycles. The first-order valence-corrected chi connectivity index (χ1v) is 9.60. The van der Waals surface area contributed by atoms with Crippen LogP contribution in [0, 0.1) is 0 Å². The van der Waals surface area contributed by atoms with E-state index in [4.69, 9.17) is 9.47 Å². The van der Waals surface area contributed by atoms with Crippen molar-refractivity contribution in [2.45, 2.75) is 37.6 Å². The van der Waals surface area contributed by atoms with Crippen LogP contribution in [-0.4, -0.2) is 30.7 Å². The topological polar surface area (TPSA) is 38.8 Å². The zero-order chi connectivity index (χ0) is 18.6. The Balaban J connectivity index is 1.33. The molecule has 1 aliphatic carbocycles. The normalized spacial score (nSPS) is 21.4. The number of benzene rings is 2. The maximum Gasteiger partial charge on any atom is 0.246 e. The molecule has 0 bridgehead atoms. The third kappa shape index (κ3) is 4.00. The number of hydrogen-bond acceptors (Lipinski definition) is 3. The molecule has 2 aromatic rings. The highest BCUT2D eigenvalue weighted by atomic mass is 16.7. The van der Waals surface area contributed by atoms with Crippen LogP contribution in [-0.2, 0) is 4.79 Å². The van der Waals surface area contributed by atoms with E-state index in [1.54, 1.807) is 6.08 Å². The van der Waals surface area contributed by atoms with Gasteiger partial charge in [0.25, 0.3) is 0 Å². The lowest BCUT2D eigenvalue weighted by molar-refractivity contribution is -0.127. The van der Waals surface area contributed by atoms with E-state index < -0.39 is 0 Å². The van der Waals surface area contributed by atoms with Crippen molar-refractivity contribution in [3.05, 3.63) is 65.7 Å². The number of nitrogens with zero attached hydrogens (tertiary/aromatic N) is 1. The van der Waals surface area contributed by atoms with Crippen LogP contribution in [0.15, 0.2) is 54.6 Å². The van der Waals surface area contributed by atoms with Crippen LogP contribution in [0.1, 0.15) is 42.7 Å². The Bertz CT molecular complexity index is 823. The summed E-state index contributed by atoms with van der Waals surface area (Å²) in [4.78, 5) is 14.5. The molecule has 4 nitrogen and oxygen atoms in total. The van der Waals surface area contributed by atoms with Crippen molar-refractivity contribution in [1.82, 2.24) is 4.90 Å². The molecule has 0 saturated heterocycles. The van der Waals surface area contributed by atoms with Crippen molar-refractivity contribution >= 4 is 12.0 Å². The third-order valence-electron chi connectivity index (χ3n) is 5.68. The van der Waals surface area contributed by atoms with E-state index >= 15 is 0 Å². The first kappa shape index (κ1) is 17.7. The molecule has 0 unspecified atom stereocenters. The average Bonchev–Trinajstić information content (AvgIpc) is 3.20. The number of ether oxygens (including phenoxy) is 2. The van der Waals surface area contributed by atoms with E-state index in [-0.39, 0.29) is 12.7 Å². The average molecular weight is 363 g/mol. The van der Waals surface area contributed by atoms with Crippen molar-refractivity contribution in [1.29, 1.82) is 0 Å². The van der Waals surface area contributed by atoms with Crippen molar-refractivity contribution in [3.63, 3.8) is 0 Å². The lowest BCUT2D eigenvalue weighted by Crippen LogP contribution is -2.38. The second-order valence-corrected chi connectivity index (χ2v) is 7.31. The molecule has 1 fully saturated rings. The standard InChI is InChI=1S/C23H25NO3/c1-24(20-11-9-19(10-12-20)18-5-3-2-4-6-18)23(25)14-8-17-7-13-21-22(15-17)27-16-26-21/h2-8,13-15,19-20H,9-12,16H2,1H3/b14-8+. The second-order valence-electron chi connectivity index (χ2n) is 7.31. The minimum absolute atomic E-state index is 0.0517. The molecule has 4 rings (SSSR count). The summed E-state index contributed by atoms with van der Waals surface area (Å²) in [6.45, 7) is 0.260. The largest absolute Gasteiger partial charge is 0.454 e. The van der Waals surface area contributed by atoms with E-state index in [2.05, 4.69) is 30.3 Å².